The lowest BCUT2D eigenvalue weighted by molar-refractivity contribution is -0.120. The molecule has 23 heavy (non-hydrogen) atoms. The first-order valence-corrected chi connectivity index (χ1v) is 8.89. The Hall–Kier alpha value is -1.94. The summed E-state index contributed by atoms with van der Waals surface area (Å²) in [5.41, 5.74) is -0.137. The second-order valence-corrected chi connectivity index (χ2v) is 7.84. The lowest BCUT2D eigenvalue weighted by Gasteiger charge is -2.06. The fraction of sp³-hybridized carbons (Fsp3) is 0.462. The smallest absolute Gasteiger partial charge is 0.348 e. The van der Waals surface area contributed by atoms with Crippen LogP contribution in [0.4, 0.5) is 0 Å². The highest BCUT2D eigenvalue weighted by Gasteiger charge is 2.37. The number of esters is 2. The first kappa shape index (κ1) is 17.4. The SMILES string of the molecule is COC(=O)c1sc(S(=O)(=O)NC(=O)C2CC2)c(C(=O)OC)c1C. The van der Waals surface area contributed by atoms with Gasteiger partial charge in [-0.1, -0.05) is 0 Å². The van der Waals surface area contributed by atoms with Crippen LogP contribution >= 0.6 is 11.3 Å². The third-order valence-corrected chi connectivity index (χ3v) is 6.44. The number of carbonyl (C=O) groups is 3. The van der Waals surface area contributed by atoms with E-state index in [0.717, 1.165) is 14.2 Å². The predicted octanol–water partition coefficient (Wildman–Crippen LogP) is 0.845. The van der Waals surface area contributed by atoms with Crippen LogP contribution in [0.25, 0.3) is 0 Å². The molecule has 126 valence electrons. The van der Waals surface area contributed by atoms with Crippen LogP contribution in [0, 0.1) is 12.8 Å². The van der Waals surface area contributed by atoms with Gasteiger partial charge in [0.2, 0.25) is 5.91 Å². The molecule has 0 aromatic carbocycles. The van der Waals surface area contributed by atoms with Gasteiger partial charge in [0, 0.05) is 5.92 Å². The Morgan fingerprint density at radius 2 is 1.70 bits per heavy atom. The van der Waals surface area contributed by atoms with Crippen molar-refractivity contribution in [1.82, 2.24) is 4.72 Å². The third-order valence-electron chi connectivity index (χ3n) is 3.30. The van der Waals surface area contributed by atoms with Gasteiger partial charge in [-0.15, -0.1) is 11.3 Å². The highest BCUT2D eigenvalue weighted by atomic mass is 32.2. The Morgan fingerprint density at radius 1 is 1.13 bits per heavy atom. The largest absolute Gasteiger partial charge is 0.465 e. The minimum Gasteiger partial charge on any atom is -0.465 e. The lowest BCUT2D eigenvalue weighted by atomic mass is 10.2. The first-order valence-electron chi connectivity index (χ1n) is 6.59. The molecule has 1 N–H and O–H groups in total. The quantitative estimate of drug-likeness (QED) is 0.773. The Labute approximate surface area is 136 Å². The van der Waals surface area contributed by atoms with Crippen LogP contribution in [-0.2, 0) is 24.3 Å². The number of carbonyl (C=O) groups excluding carboxylic acids is 3. The van der Waals surface area contributed by atoms with Gasteiger partial charge in [0.25, 0.3) is 10.0 Å². The van der Waals surface area contributed by atoms with E-state index in [0.29, 0.717) is 24.2 Å². The summed E-state index contributed by atoms with van der Waals surface area (Å²) in [6.45, 7) is 1.41. The van der Waals surface area contributed by atoms with Crippen LogP contribution in [0.5, 0.6) is 0 Å². The minimum atomic E-state index is -4.28. The first-order chi connectivity index (χ1) is 10.7. The van der Waals surface area contributed by atoms with Crippen LogP contribution < -0.4 is 4.72 Å². The molecule has 1 aliphatic rings. The van der Waals surface area contributed by atoms with Crippen LogP contribution in [0.2, 0.25) is 0 Å². The van der Waals surface area contributed by atoms with Crippen molar-refractivity contribution in [2.24, 2.45) is 5.92 Å². The Bertz CT molecular complexity index is 774. The number of sulfonamides is 1. The van der Waals surface area contributed by atoms with Crippen molar-refractivity contribution >= 4 is 39.2 Å². The van der Waals surface area contributed by atoms with Gasteiger partial charge >= 0.3 is 11.9 Å². The number of hydrogen-bond donors (Lipinski definition) is 1. The van der Waals surface area contributed by atoms with Gasteiger partial charge in [0.1, 0.15) is 4.88 Å². The average Bonchev–Trinajstić information content (AvgIpc) is 3.28. The molecule has 10 heteroatoms. The average molecular weight is 361 g/mol. The van der Waals surface area contributed by atoms with Crippen LogP contribution in [0.15, 0.2) is 4.21 Å². The minimum absolute atomic E-state index is 0.0351. The van der Waals surface area contributed by atoms with Crippen molar-refractivity contribution in [2.45, 2.75) is 24.0 Å². The number of amides is 1. The van der Waals surface area contributed by atoms with E-state index in [2.05, 4.69) is 9.47 Å². The zero-order valence-corrected chi connectivity index (χ0v) is 14.3. The van der Waals surface area contributed by atoms with Gasteiger partial charge in [-0.2, -0.15) is 0 Å². The Balaban J connectivity index is 2.52. The molecule has 0 bridgehead atoms. The zero-order valence-electron chi connectivity index (χ0n) is 12.7. The Kier molecular flexibility index (Phi) is 4.76. The van der Waals surface area contributed by atoms with E-state index in [9.17, 15) is 22.8 Å². The van der Waals surface area contributed by atoms with Crippen molar-refractivity contribution in [1.29, 1.82) is 0 Å². The standard InChI is InChI=1S/C13H15NO7S2/c1-6-8(11(16)20-2)13(22-9(6)12(17)21-3)23(18,19)14-10(15)7-4-5-7/h7H,4-5H2,1-3H3,(H,14,15). The molecular formula is C13H15NO7S2. The third kappa shape index (κ3) is 3.37. The molecule has 0 radical (unpaired) electrons. The molecule has 0 saturated heterocycles. The zero-order chi connectivity index (χ0) is 17.4. The summed E-state index contributed by atoms with van der Waals surface area (Å²) in [5, 5.41) is 0. The van der Waals surface area contributed by atoms with Crippen LogP contribution in [-0.4, -0.2) is 40.5 Å². The van der Waals surface area contributed by atoms with E-state index < -0.39 is 32.1 Å². The van der Waals surface area contributed by atoms with E-state index in [1.807, 2.05) is 4.72 Å². The Morgan fingerprint density at radius 3 is 2.17 bits per heavy atom. The molecule has 0 spiro atoms. The normalized spacial score (nSPS) is 14.2. The highest BCUT2D eigenvalue weighted by molar-refractivity contribution is 7.92. The van der Waals surface area contributed by atoms with Crippen molar-refractivity contribution in [2.75, 3.05) is 14.2 Å². The molecule has 1 amide bonds. The van der Waals surface area contributed by atoms with E-state index in [-0.39, 0.29) is 21.9 Å². The summed E-state index contributed by atoms with van der Waals surface area (Å²) in [6.07, 6.45) is 1.25. The summed E-state index contributed by atoms with van der Waals surface area (Å²) in [7, 11) is -2.05. The second-order valence-electron chi connectivity index (χ2n) is 4.95. The lowest BCUT2D eigenvalue weighted by Crippen LogP contribution is -2.32. The van der Waals surface area contributed by atoms with E-state index in [1.165, 1.54) is 6.92 Å². The number of nitrogens with one attached hydrogen (secondary N) is 1. The van der Waals surface area contributed by atoms with E-state index >= 15 is 0 Å². The molecular weight excluding hydrogens is 346 g/mol. The summed E-state index contributed by atoms with van der Waals surface area (Å²) >= 11 is 0.566. The summed E-state index contributed by atoms with van der Waals surface area (Å²) in [4.78, 5) is 35.3. The van der Waals surface area contributed by atoms with Crippen LogP contribution in [0.3, 0.4) is 0 Å². The molecule has 1 aromatic rings. The maximum Gasteiger partial charge on any atom is 0.348 e. The molecule has 8 nitrogen and oxygen atoms in total. The molecule has 1 aliphatic carbocycles. The molecule has 0 atom stereocenters. The van der Waals surface area contributed by atoms with Crippen molar-refractivity contribution in [3.8, 4) is 0 Å². The second kappa shape index (κ2) is 6.28. The van der Waals surface area contributed by atoms with Gasteiger partial charge < -0.3 is 9.47 Å². The summed E-state index contributed by atoms with van der Waals surface area (Å²) < 4.78 is 35.5. The van der Waals surface area contributed by atoms with Crippen molar-refractivity contribution < 1.29 is 32.3 Å². The van der Waals surface area contributed by atoms with Gasteiger partial charge in [0.15, 0.2) is 4.21 Å². The number of thiophene rings is 1. The van der Waals surface area contributed by atoms with Crippen LogP contribution in [0.1, 0.15) is 38.4 Å². The molecule has 2 rings (SSSR count). The van der Waals surface area contributed by atoms with Gasteiger partial charge in [0.05, 0.1) is 19.8 Å². The number of ether oxygens (including phenoxy) is 2. The number of rotatable bonds is 5. The maximum absolute atomic E-state index is 12.4. The summed E-state index contributed by atoms with van der Waals surface area (Å²) in [5.74, 6) is -2.63. The summed E-state index contributed by atoms with van der Waals surface area (Å²) in [6, 6.07) is 0. The molecule has 1 fully saturated rings. The highest BCUT2D eigenvalue weighted by Crippen LogP contribution is 2.34. The maximum atomic E-state index is 12.4. The van der Waals surface area contributed by atoms with Gasteiger partial charge in [-0.05, 0) is 25.3 Å². The fourth-order valence-electron chi connectivity index (χ4n) is 1.91. The topological polar surface area (TPSA) is 116 Å². The molecule has 1 saturated carbocycles. The van der Waals surface area contributed by atoms with Gasteiger partial charge in [-0.3, -0.25) is 4.79 Å². The van der Waals surface area contributed by atoms with E-state index in [1.54, 1.807) is 0 Å². The fourth-order valence-corrected chi connectivity index (χ4v) is 4.70. The predicted molar refractivity (Wildman–Crippen MR) is 79.8 cm³/mol. The molecule has 1 aromatic heterocycles. The number of methoxy groups -OCH3 is 2. The monoisotopic (exact) mass is 361 g/mol. The van der Waals surface area contributed by atoms with Gasteiger partial charge in [-0.25, -0.2) is 22.7 Å². The van der Waals surface area contributed by atoms with Crippen molar-refractivity contribution in [3.05, 3.63) is 16.0 Å². The molecule has 0 aliphatic heterocycles. The van der Waals surface area contributed by atoms with E-state index in [4.69, 9.17) is 0 Å². The molecule has 0 unspecified atom stereocenters. The molecule has 1 heterocycles. The number of hydrogen-bond acceptors (Lipinski definition) is 8. The van der Waals surface area contributed by atoms with Crippen molar-refractivity contribution in [3.63, 3.8) is 0 Å².